The first kappa shape index (κ1) is 18.7. The Balaban J connectivity index is 1.58. The van der Waals surface area contributed by atoms with Gasteiger partial charge in [0.15, 0.2) is 11.6 Å². The van der Waals surface area contributed by atoms with Gasteiger partial charge >= 0.3 is 0 Å². The Kier molecular flexibility index (Phi) is 4.72. The smallest absolute Gasteiger partial charge is 0.243 e. The summed E-state index contributed by atoms with van der Waals surface area (Å²) >= 11 is 0. The number of nitrogens with zero attached hydrogens (tertiary/aromatic N) is 4. The van der Waals surface area contributed by atoms with Gasteiger partial charge in [0.05, 0.1) is 10.4 Å². The van der Waals surface area contributed by atoms with Crippen molar-refractivity contribution in [2.24, 2.45) is 0 Å². The molecule has 146 valence electrons. The second kappa shape index (κ2) is 7.06. The van der Waals surface area contributed by atoms with Crippen molar-refractivity contribution in [1.82, 2.24) is 14.3 Å². The van der Waals surface area contributed by atoms with Crippen molar-refractivity contribution in [3.8, 4) is 0 Å². The van der Waals surface area contributed by atoms with Crippen LogP contribution in [-0.2, 0) is 10.0 Å². The third kappa shape index (κ3) is 3.20. The van der Waals surface area contributed by atoms with Crippen LogP contribution in [0.3, 0.4) is 0 Å². The first-order chi connectivity index (χ1) is 13.4. The summed E-state index contributed by atoms with van der Waals surface area (Å²) in [6, 6.07) is 8.46. The van der Waals surface area contributed by atoms with Crippen LogP contribution in [0.4, 0.5) is 14.6 Å². The Hall–Kier alpha value is -2.65. The average Bonchev–Trinajstić information content (AvgIpc) is 2.70. The molecule has 4 rings (SSSR count). The Bertz CT molecular complexity index is 1140. The maximum atomic E-state index is 13.5. The summed E-state index contributed by atoms with van der Waals surface area (Å²) in [4.78, 5) is 10.5. The van der Waals surface area contributed by atoms with E-state index in [1.807, 2.05) is 30.0 Å². The number of piperazine rings is 1. The van der Waals surface area contributed by atoms with E-state index in [0.717, 1.165) is 40.5 Å². The van der Waals surface area contributed by atoms with Gasteiger partial charge in [0.1, 0.15) is 12.1 Å². The highest BCUT2D eigenvalue weighted by atomic mass is 32.2. The Morgan fingerprint density at radius 3 is 2.43 bits per heavy atom. The van der Waals surface area contributed by atoms with Crippen LogP contribution in [0.2, 0.25) is 0 Å². The van der Waals surface area contributed by atoms with E-state index >= 15 is 0 Å². The number of rotatable bonds is 3. The van der Waals surface area contributed by atoms with Gasteiger partial charge < -0.3 is 4.90 Å². The lowest BCUT2D eigenvalue weighted by Gasteiger charge is -2.35. The van der Waals surface area contributed by atoms with Crippen LogP contribution in [0.5, 0.6) is 0 Å². The fraction of sp³-hybridized carbons (Fsp3) is 0.263. The normalized spacial score (nSPS) is 15.9. The highest BCUT2D eigenvalue weighted by Crippen LogP contribution is 2.28. The van der Waals surface area contributed by atoms with Gasteiger partial charge in [0.2, 0.25) is 10.0 Å². The van der Waals surface area contributed by atoms with E-state index in [9.17, 15) is 17.2 Å². The van der Waals surface area contributed by atoms with Gasteiger partial charge in [-0.2, -0.15) is 4.31 Å². The first-order valence-electron chi connectivity index (χ1n) is 8.78. The van der Waals surface area contributed by atoms with Gasteiger partial charge in [-0.15, -0.1) is 0 Å². The fourth-order valence-electron chi connectivity index (χ4n) is 3.43. The summed E-state index contributed by atoms with van der Waals surface area (Å²) in [5.41, 5.74) is 1.88. The third-order valence-electron chi connectivity index (χ3n) is 4.92. The fourth-order valence-corrected chi connectivity index (χ4v) is 4.86. The minimum absolute atomic E-state index is 0.221. The SMILES string of the molecule is Cc1cccc2ncnc(N3CCN(S(=O)(=O)c4ccc(F)c(F)c4)CC3)c12. The van der Waals surface area contributed by atoms with E-state index in [1.54, 1.807) is 0 Å². The molecule has 1 fully saturated rings. The highest BCUT2D eigenvalue weighted by Gasteiger charge is 2.30. The lowest BCUT2D eigenvalue weighted by atomic mass is 10.1. The predicted molar refractivity (Wildman–Crippen MR) is 102 cm³/mol. The van der Waals surface area contributed by atoms with Gasteiger partial charge in [-0.3, -0.25) is 0 Å². The van der Waals surface area contributed by atoms with Gasteiger partial charge in [-0.1, -0.05) is 12.1 Å². The van der Waals surface area contributed by atoms with Crippen molar-refractivity contribution in [3.05, 3.63) is 59.9 Å². The molecule has 9 heteroatoms. The molecule has 1 aromatic heterocycles. The summed E-state index contributed by atoms with van der Waals surface area (Å²) in [5, 5.41) is 0.946. The summed E-state index contributed by atoms with van der Waals surface area (Å²) in [7, 11) is -3.89. The number of halogens is 2. The van der Waals surface area contributed by atoms with E-state index in [1.165, 1.54) is 10.6 Å². The molecule has 0 unspecified atom stereocenters. The summed E-state index contributed by atoms with van der Waals surface area (Å²) in [5.74, 6) is -1.48. The minimum Gasteiger partial charge on any atom is -0.353 e. The van der Waals surface area contributed by atoms with Crippen LogP contribution in [-0.4, -0.2) is 48.9 Å². The van der Waals surface area contributed by atoms with Crippen LogP contribution in [0, 0.1) is 18.6 Å². The molecule has 2 heterocycles. The van der Waals surface area contributed by atoms with E-state index in [0.29, 0.717) is 13.1 Å². The molecule has 3 aromatic rings. The van der Waals surface area contributed by atoms with E-state index in [-0.39, 0.29) is 18.0 Å². The molecule has 1 aliphatic heterocycles. The molecule has 0 saturated carbocycles. The average molecular weight is 404 g/mol. The number of benzene rings is 2. The second-order valence-corrected chi connectivity index (χ2v) is 8.57. The van der Waals surface area contributed by atoms with Crippen LogP contribution in [0.1, 0.15) is 5.56 Å². The molecule has 6 nitrogen and oxygen atoms in total. The van der Waals surface area contributed by atoms with Crippen molar-refractivity contribution in [2.75, 3.05) is 31.1 Å². The minimum atomic E-state index is -3.89. The number of aryl methyl sites for hydroxylation is 1. The van der Waals surface area contributed by atoms with Gasteiger partial charge in [-0.25, -0.2) is 27.2 Å². The zero-order valence-corrected chi connectivity index (χ0v) is 16.0. The quantitative estimate of drug-likeness (QED) is 0.672. The lowest BCUT2D eigenvalue weighted by molar-refractivity contribution is 0.383. The molecule has 0 radical (unpaired) electrons. The Morgan fingerprint density at radius 1 is 0.964 bits per heavy atom. The molecule has 0 N–H and O–H groups in total. The molecule has 0 spiro atoms. The molecular formula is C19H18F2N4O2S. The number of fused-ring (bicyclic) bond motifs is 1. The maximum Gasteiger partial charge on any atom is 0.243 e. The van der Waals surface area contributed by atoms with Crippen LogP contribution < -0.4 is 4.90 Å². The van der Waals surface area contributed by atoms with Crippen LogP contribution in [0.25, 0.3) is 10.9 Å². The number of hydrogen-bond acceptors (Lipinski definition) is 5. The van der Waals surface area contributed by atoms with Gasteiger partial charge in [0.25, 0.3) is 0 Å². The Labute approximate surface area is 161 Å². The zero-order valence-electron chi connectivity index (χ0n) is 15.1. The first-order valence-corrected chi connectivity index (χ1v) is 10.2. The topological polar surface area (TPSA) is 66.4 Å². The molecule has 0 amide bonds. The summed E-state index contributed by atoms with van der Waals surface area (Å²) in [6.45, 7) is 3.29. The van der Waals surface area contributed by atoms with Crippen molar-refractivity contribution in [1.29, 1.82) is 0 Å². The van der Waals surface area contributed by atoms with E-state index < -0.39 is 21.7 Å². The van der Waals surface area contributed by atoms with Crippen molar-refractivity contribution >= 4 is 26.7 Å². The Morgan fingerprint density at radius 2 is 1.71 bits per heavy atom. The van der Waals surface area contributed by atoms with Crippen molar-refractivity contribution < 1.29 is 17.2 Å². The molecule has 0 atom stereocenters. The lowest BCUT2D eigenvalue weighted by Crippen LogP contribution is -2.49. The molecule has 28 heavy (non-hydrogen) atoms. The van der Waals surface area contributed by atoms with Gasteiger partial charge in [0, 0.05) is 31.6 Å². The number of hydrogen-bond donors (Lipinski definition) is 0. The number of aromatic nitrogens is 2. The third-order valence-corrected chi connectivity index (χ3v) is 6.81. The summed E-state index contributed by atoms with van der Waals surface area (Å²) < 4.78 is 53.4. The predicted octanol–water partition coefficient (Wildman–Crippen LogP) is 2.73. The van der Waals surface area contributed by atoms with E-state index in [2.05, 4.69) is 9.97 Å². The molecule has 0 aliphatic carbocycles. The number of anilines is 1. The molecule has 0 bridgehead atoms. The monoisotopic (exact) mass is 404 g/mol. The maximum absolute atomic E-state index is 13.5. The molecular weight excluding hydrogens is 386 g/mol. The van der Waals surface area contributed by atoms with Crippen LogP contribution in [0.15, 0.2) is 47.6 Å². The number of sulfonamides is 1. The largest absolute Gasteiger partial charge is 0.353 e. The molecule has 1 aliphatic rings. The van der Waals surface area contributed by atoms with Crippen LogP contribution >= 0.6 is 0 Å². The highest BCUT2D eigenvalue weighted by molar-refractivity contribution is 7.89. The zero-order chi connectivity index (χ0) is 19.9. The van der Waals surface area contributed by atoms with Crippen molar-refractivity contribution in [2.45, 2.75) is 11.8 Å². The molecule has 2 aromatic carbocycles. The van der Waals surface area contributed by atoms with E-state index in [4.69, 9.17) is 0 Å². The molecule has 1 saturated heterocycles. The second-order valence-electron chi connectivity index (χ2n) is 6.63. The summed E-state index contributed by atoms with van der Waals surface area (Å²) in [6.07, 6.45) is 1.50. The van der Waals surface area contributed by atoms with Crippen molar-refractivity contribution in [3.63, 3.8) is 0 Å². The van der Waals surface area contributed by atoms with Gasteiger partial charge in [-0.05, 0) is 36.8 Å². The standard InChI is InChI=1S/C19H18F2N4O2S/c1-13-3-2-4-17-18(13)19(23-12-22-17)24-7-9-25(10-8-24)28(26,27)14-5-6-15(20)16(21)11-14/h2-6,11-12H,7-10H2,1H3.